The number of halogens is 1. The first-order chi connectivity index (χ1) is 12.8. The largest absolute Gasteiger partial charge is 0.395 e. The van der Waals surface area contributed by atoms with E-state index in [1.165, 1.54) is 12.1 Å². The third kappa shape index (κ3) is 5.56. The van der Waals surface area contributed by atoms with Gasteiger partial charge in [0.2, 0.25) is 0 Å². The van der Waals surface area contributed by atoms with E-state index in [-0.39, 0.29) is 18.9 Å². The fraction of sp³-hybridized carbons (Fsp3) is 0.333. The molecule has 2 N–H and O–H groups in total. The molecule has 0 saturated carbocycles. The number of aliphatic hydroxyl groups excluding tert-OH is 2. The lowest BCUT2D eigenvalue weighted by atomic mass is 10.1. The zero-order valence-electron chi connectivity index (χ0n) is 15.1. The zero-order valence-corrected chi connectivity index (χ0v) is 15.9. The van der Waals surface area contributed by atoms with E-state index in [0.29, 0.717) is 24.3 Å². The molecule has 0 atom stereocenters. The monoisotopic (exact) mass is 395 g/mol. The summed E-state index contributed by atoms with van der Waals surface area (Å²) in [7, 11) is -4.81. The molecule has 0 heterocycles. The third-order valence-corrected chi connectivity index (χ3v) is 4.83. The molecule has 27 heavy (non-hydrogen) atoms. The predicted molar refractivity (Wildman–Crippen MR) is 101 cm³/mol. The summed E-state index contributed by atoms with van der Waals surface area (Å²) >= 11 is 0. The van der Waals surface area contributed by atoms with Crippen LogP contribution >= 0.6 is 0 Å². The summed E-state index contributed by atoms with van der Waals surface area (Å²) in [5.41, 5.74) is 3.14. The van der Waals surface area contributed by atoms with Gasteiger partial charge in [-0.1, -0.05) is 6.07 Å². The second kappa shape index (κ2) is 9.03. The van der Waals surface area contributed by atoms with Gasteiger partial charge in [-0.2, -0.15) is 18.6 Å². The van der Waals surface area contributed by atoms with Gasteiger partial charge in [0.1, 0.15) is 4.90 Å². The SMILES string of the molecule is Cc1cc(N(CCO)CCO)ccc1/N=N/c1cc(S(=O)(=O)F)ccc1C. The lowest BCUT2D eigenvalue weighted by Crippen LogP contribution is -2.29. The van der Waals surface area contributed by atoms with Crippen molar-refractivity contribution in [1.29, 1.82) is 0 Å². The Morgan fingerprint density at radius 3 is 2.11 bits per heavy atom. The van der Waals surface area contributed by atoms with E-state index in [1.807, 2.05) is 17.9 Å². The first-order valence-electron chi connectivity index (χ1n) is 8.30. The molecular formula is C18H22FN3O4S. The van der Waals surface area contributed by atoms with Crippen LogP contribution in [0.4, 0.5) is 20.9 Å². The maximum Gasteiger partial charge on any atom is 0.332 e. The van der Waals surface area contributed by atoms with Crippen LogP contribution in [0.1, 0.15) is 11.1 Å². The molecule has 0 bridgehead atoms. The van der Waals surface area contributed by atoms with E-state index in [0.717, 1.165) is 17.3 Å². The highest BCUT2D eigenvalue weighted by atomic mass is 32.3. The van der Waals surface area contributed by atoms with Crippen molar-refractivity contribution in [2.24, 2.45) is 10.2 Å². The molecule has 0 spiro atoms. The number of aliphatic hydroxyl groups is 2. The van der Waals surface area contributed by atoms with Gasteiger partial charge in [-0.05, 0) is 55.3 Å². The Morgan fingerprint density at radius 1 is 0.926 bits per heavy atom. The van der Waals surface area contributed by atoms with E-state index in [4.69, 9.17) is 10.2 Å². The molecule has 0 aromatic heterocycles. The molecule has 146 valence electrons. The molecule has 0 aliphatic carbocycles. The summed E-state index contributed by atoms with van der Waals surface area (Å²) in [4.78, 5) is 1.38. The average molecular weight is 395 g/mol. The van der Waals surface area contributed by atoms with E-state index < -0.39 is 15.1 Å². The highest BCUT2D eigenvalue weighted by Crippen LogP contribution is 2.29. The molecule has 2 aromatic carbocycles. The molecule has 7 nitrogen and oxygen atoms in total. The van der Waals surface area contributed by atoms with Crippen LogP contribution in [-0.2, 0) is 10.2 Å². The van der Waals surface area contributed by atoms with E-state index >= 15 is 0 Å². The fourth-order valence-electron chi connectivity index (χ4n) is 2.52. The Hall–Kier alpha value is -2.36. The summed E-state index contributed by atoms with van der Waals surface area (Å²) in [6.07, 6.45) is 0. The number of rotatable bonds is 8. The molecule has 0 saturated heterocycles. The van der Waals surface area contributed by atoms with Crippen molar-refractivity contribution in [3.63, 3.8) is 0 Å². The van der Waals surface area contributed by atoms with E-state index in [2.05, 4.69) is 10.2 Å². The standard InChI is InChI=1S/C18H22FN3O4S/c1-13-3-5-16(27(19,25)26)12-18(13)21-20-17-6-4-15(11-14(17)2)22(7-9-23)8-10-24/h3-6,11-12,23-24H,7-10H2,1-2H3/b21-20+. The van der Waals surface area contributed by atoms with Gasteiger partial charge in [0.05, 0.1) is 24.6 Å². The number of nitrogens with zero attached hydrogens (tertiary/aromatic N) is 3. The molecule has 9 heteroatoms. The number of aryl methyl sites for hydroxylation is 2. The van der Waals surface area contributed by atoms with Crippen molar-refractivity contribution in [2.75, 3.05) is 31.2 Å². The molecular weight excluding hydrogens is 373 g/mol. The first kappa shape index (κ1) is 20.9. The molecule has 0 aliphatic heterocycles. The normalized spacial score (nSPS) is 11.9. The minimum Gasteiger partial charge on any atom is -0.395 e. The Morgan fingerprint density at radius 2 is 1.56 bits per heavy atom. The molecule has 2 rings (SSSR count). The van der Waals surface area contributed by atoms with Gasteiger partial charge in [0, 0.05) is 18.8 Å². The zero-order chi connectivity index (χ0) is 20.0. The van der Waals surface area contributed by atoms with Gasteiger partial charge in [-0.3, -0.25) is 0 Å². The molecule has 0 amide bonds. The van der Waals surface area contributed by atoms with Crippen LogP contribution in [-0.4, -0.2) is 44.9 Å². The number of anilines is 1. The van der Waals surface area contributed by atoms with Crippen molar-refractivity contribution >= 4 is 27.3 Å². The third-order valence-electron chi connectivity index (χ3n) is 4.01. The summed E-state index contributed by atoms with van der Waals surface area (Å²) in [5, 5.41) is 26.5. The Kier molecular flexibility index (Phi) is 7.00. The quantitative estimate of drug-likeness (QED) is 0.528. The van der Waals surface area contributed by atoms with Crippen molar-refractivity contribution in [3.8, 4) is 0 Å². The van der Waals surface area contributed by atoms with Gasteiger partial charge in [0.25, 0.3) is 0 Å². The average Bonchev–Trinajstić information content (AvgIpc) is 2.60. The van der Waals surface area contributed by atoms with Gasteiger partial charge in [-0.15, -0.1) is 3.89 Å². The van der Waals surface area contributed by atoms with Crippen LogP contribution in [0.2, 0.25) is 0 Å². The highest BCUT2D eigenvalue weighted by molar-refractivity contribution is 7.86. The van der Waals surface area contributed by atoms with E-state index in [9.17, 15) is 12.3 Å². The van der Waals surface area contributed by atoms with Crippen LogP contribution in [0, 0.1) is 13.8 Å². The maximum absolute atomic E-state index is 13.2. The van der Waals surface area contributed by atoms with Gasteiger partial charge >= 0.3 is 10.2 Å². The lowest BCUT2D eigenvalue weighted by Gasteiger charge is -2.23. The minimum atomic E-state index is -4.81. The van der Waals surface area contributed by atoms with Crippen LogP contribution in [0.25, 0.3) is 0 Å². The molecule has 0 fully saturated rings. The van der Waals surface area contributed by atoms with Gasteiger partial charge in [-0.25, -0.2) is 0 Å². The maximum atomic E-state index is 13.2. The molecule has 2 aromatic rings. The van der Waals surface area contributed by atoms with Crippen molar-refractivity contribution in [3.05, 3.63) is 47.5 Å². The molecule has 0 aliphatic rings. The van der Waals surface area contributed by atoms with Gasteiger partial charge < -0.3 is 15.1 Å². The smallest absolute Gasteiger partial charge is 0.332 e. The number of benzene rings is 2. The topological polar surface area (TPSA) is 103 Å². The van der Waals surface area contributed by atoms with Crippen LogP contribution in [0.5, 0.6) is 0 Å². The first-order valence-corrected chi connectivity index (χ1v) is 9.69. The number of azo groups is 1. The lowest BCUT2D eigenvalue weighted by molar-refractivity contribution is 0.281. The summed E-state index contributed by atoms with van der Waals surface area (Å²) in [5.74, 6) is 0. The Labute approximate surface area is 158 Å². The Bertz CT molecular complexity index is 926. The highest BCUT2D eigenvalue weighted by Gasteiger charge is 2.13. The fourth-order valence-corrected chi connectivity index (χ4v) is 3.00. The van der Waals surface area contributed by atoms with Crippen LogP contribution in [0.15, 0.2) is 51.5 Å². The van der Waals surface area contributed by atoms with Gasteiger partial charge in [0.15, 0.2) is 0 Å². The second-order valence-electron chi connectivity index (χ2n) is 5.99. The number of hydrogen-bond donors (Lipinski definition) is 2. The summed E-state index contributed by atoms with van der Waals surface area (Å²) in [6, 6.07) is 9.18. The Balaban J connectivity index is 2.30. The summed E-state index contributed by atoms with van der Waals surface area (Å²) in [6.45, 7) is 4.28. The molecule has 0 radical (unpaired) electrons. The summed E-state index contributed by atoms with van der Waals surface area (Å²) < 4.78 is 35.3. The predicted octanol–water partition coefficient (Wildman–Crippen LogP) is 3.17. The molecule has 0 unspecified atom stereocenters. The van der Waals surface area contributed by atoms with Crippen LogP contribution in [0.3, 0.4) is 0 Å². The second-order valence-corrected chi connectivity index (χ2v) is 7.34. The minimum absolute atomic E-state index is 0.0341. The van der Waals surface area contributed by atoms with Crippen molar-refractivity contribution < 1.29 is 22.5 Å². The van der Waals surface area contributed by atoms with Crippen LogP contribution < -0.4 is 4.90 Å². The van der Waals surface area contributed by atoms with Crippen molar-refractivity contribution in [2.45, 2.75) is 18.7 Å². The van der Waals surface area contributed by atoms with Crippen molar-refractivity contribution in [1.82, 2.24) is 0 Å². The number of hydrogen-bond acceptors (Lipinski definition) is 7. The van der Waals surface area contributed by atoms with E-state index in [1.54, 1.807) is 19.1 Å².